The molecule has 0 bridgehead atoms. The van der Waals surface area contributed by atoms with Crippen LogP contribution in [0.15, 0.2) is 48.5 Å². The Morgan fingerprint density at radius 3 is 2.44 bits per heavy atom. The minimum atomic E-state index is -4.59. The summed E-state index contributed by atoms with van der Waals surface area (Å²) in [6.45, 7) is 1.29. The Bertz CT molecular complexity index is 1090. The zero-order valence-electron chi connectivity index (χ0n) is 17.4. The second-order valence-corrected chi connectivity index (χ2v) is 7.35. The fourth-order valence-corrected chi connectivity index (χ4v) is 3.15. The standard InChI is InChI=1S/C21H21ClF3N5O2/c1-12-17(21(23,24)25)28-29-18(12)27-20(26-15-6-4-5-14(22)11-15)30(2)19(31)13-7-9-16(32-3)10-8-13/h4-11,20,26H,1-3H3,(H2,27,28,29). The van der Waals surface area contributed by atoms with Crippen LogP contribution < -0.4 is 15.4 Å². The quantitative estimate of drug-likeness (QED) is 0.427. The lowest BCUT2D eigenvalue weighted by Gasteiger charge is -2.31. The molecular formula is C21H21ClF3N5O2. The fraction of sp³-hybridized carbons (Fsp3) is 0.238. The van der Waals surface area contributed by atoms with Crippen molar-refractivity contribution < 1.29 is 22.7 Å². The first-order chi connectivity index (χ1) is 15.1. The molecule has 1 unspecified atom stereocenters. The van der Waals surface area contributed by atoms with E-state index in [1.54, 1.807) is 48.5 Å². The molecule has 1 aromatic heterocycles. The summed E-state index contributed by atoms with van der Waals surface area (Å²) in [6, 6.07) is 13.2. The zero-order chi connectivity index (χ0) is 23.5. The maximum absolute atomic E-state index is 13.2. The monoisotopic (exact) mass is 467 g/mol. The number of aromatic amines is 1. The number of benzene rings is 2. The highest BCUT2D eigenvalue weighted by atomic mass is 35.5. The molecule has 1 amide bonds. The molecule has 1 heterocycles. The third-order valence-electron chi connectivity index (χ3n) is 4.74. The number of nitrogens with zero attached hydrogens (tertiary/aromatic N) is 2. The molecule has 2 aromatic carbocycles. The van der Waals surface area contributed by atoms with Crippen LogP contribution in [0.4, 0.5) is 24.7 Å². The van der Waals surface area contributed by atoms with Crippen molar-refractivity contribution in [2.45, 2.75) is 19.4 Å². The highest BCUT2D eigenvalue weighted by molar-refractivity contribution is 6.30. The molecule has 3 rings (SSSR count). The fourth-order valence-electron chi connectivity index (χ4n) is 2.96. The Hall–Kier alpha value is -3.40. The largest absolute Gasteiger partial charge is 0.497 e. The Labute approximate surface area is 187 Å². The van der Waals surface area contributed by atoms with E-state index in [2.05, 4.69) is 15.7 Å². The van der Waals surface area contributed by atoms with E-state index in [-0.39, 0.29) is 17.3 Å². The van der Waals surface area contributed by atoms with Gasteiger partial charge in [-0.2, -0.15) is 18.3 Å². The molecule has 0 radical (unpaired) electrons. The molecule has 170 valence electrons. The third-order valence-corrected chi connectivity index (χ3v) is 4.97. The predicted octanol–water partition coefficient (Wildman–Crippen LogP) is 4.98. The minimum Gasteiger partial charge on any atom is -0.497 e. The van der Waals surface area contributed by atoms with Crippen LogP contribution in [-0.4, -0.2) is 41.5 Å². The van der Waals surface area contributed by atoms with Gasteiger partial charge >= 0.3 is 6.18 Å². The van der Waals surface area contributed by atoms with Crippen molar-refractivity contribution in [2.24, 2.45) is 0 Å². The van der Waals surface area contributed by atoms with Crippen molar-refractivity contribution in [3.05, 3.63) is 70.4 Å². The van der Waals surface area contributed by atoms with E-state index in [9.17, 15) is 18.0 Å². The van der Waals surface area contributed by atoms with Gasteiger partial charge in [-0.15, -0.1) is 0 Å². The molecule has 0 saturated carbocycles. The number of nitrogens with one attached hydrogen (secondary N) is 3. The number of carbonyl (C=O) groups excluding carboxylic acids is 1. The number of methoxy groups -OCH3 is 1. The Morgan fingerprint density at radius 2 is 1.88 bits per heavy atom. The van der Waals surface area contributed by atoms with Crippen molar-refractivity contribution in [1.82, 2.24) is 15.1 Å². The smallest absolute Gasteiger partial charge is 0.433 e. The number of anilines is 2. The van der Waals surface area contributed by atoms with E-state index in [1.807, 2.05) is 5.10 Å². The molecule has 0 spiro atoms. The molecule has 3 N–H and O–H groups in total. The molecule has 0 fully saturated rings. The number of aromatic nitrogens is 2. The van der Waals surface area contributed by atoms with Gasteiger partial charge in [-0.1, -0.05) is 17.7 Å². The zero-order valence-corrected chi connectivity index (χ0v) is 18.2. The molecule has 1 atom stereocenters. The number of H-pyrrole nitrogens is 1. The molecule has 32 heavy (non-hydrogen) atoms. The van der Waals surface area contributed by atoms with Crippen LogP contribution in [0.1, 0.15) is 21.6 Å². The molecule has 3 aromatic rings. The number of carbonyl (C=O) groups is 1. The van der Waals surface area contributed by atoms with E-state index in [0.717, 1.165) is 0 Å². The Morgan fingerprint density at radius 1 is 1.19 bits per heavy atom. The van der Waals surface area contributed by atoms with E-state index in [4.69, 9.17) is 16.3 Å². The summed E-state index contributed by atoms with van der Waals surface area (Å²) in [5.41, 5.74) is -0.178. The number of rotatable bonds is 7. The highest BCUT2D eigenvalue weighted by Gasteiger charge is 2.36. The summed E-state index contributed by atoms with van der Waals surface area (Å²) in [4.78, 5) is 14.4. The Kier molecular flexibility index (Phi) is 6.83. The van der Waals surface area contributed by atoms with Gasteiger partial charge in [0.1, 0.15) is 11.4 Å². The molecule has 0 aliphatic carbocycles. The van der Waals surface area contributed by atoms with Gasteiger partial charge in [0.15, 0.2) is 12.1 Å². The number of amides is 1. The van der Waals surface area contributed by atoms with Crippen LogP contribution in [0.25, 0.3) is 0 Å². The summed E-state index contributed by atoms with van der Waals surface area (Å²) in [5, 5.41) is 12.1. The molecule has 0 saturated heterocycles. The predicted molar refractivity (Wildman–Crippen MR) is 116 cm³/mol. The summed E-state index contributed by atoms with van der Waals surface area (Å²) < 4.78 is 44.6. The molecule has 7 nitrogen and oxygen atoms in total. The first kappa shape index (κ1) is 23.3. The van der Waals surface area contributed by atoms with Crippen LogP contribution in [0.5, 0.6) is 5.75 Å². The summed E-state index contributed by atoms with van der Waals surface area (Å²) in [6.07, 6.45) is -5.54. The number of hydrogen-bond donors (Lipinski definition) is 3. The Balaban J connectivity index is 1.91. The lowest BCUT2D eigenvalue weighted by atomic mass is 10.2. The maximum Gasteiger partial charge on any atom is 0.433 e. The van der Waals surface area contributed by atoms with Gasteiger partial charge in [0.25, 0.3) is 5.91 Å². The lowest BCUT2D eigenvalue weighted by molar-refractivity contribution is -0.141. The number of ether oxygens (including phenoxy) is 1. The van der Waals surface area contributed by atoms with Gasteiger partial charge in [0, 0.05) is 28.9 Å². The molecule has 0 aliphatic rings. The average molecular weight is 468 g/mol. The van der Waals surface area contributed by atoms with Crippen molar-refractivity contribution in [3.8, 4) is 5.75 Å². The SMILES string of the molecule is COc1ccc(C(=O)N(C)C(Nc2cccc(Cl)c2)Nc2n[nH]c(C(F)(F)F)c2C)cc1. The van der Waals surface area contributed by atoms with E-state index >= 15 is 0 Å². The normalized spacial score (nSPS) is 12.2. The number of halogens is 4. The van der Waals surface area contributed by atoms with Crippen LogP contribution in [0.2, 0.25) is 5.02 Å². The van der Waals surface area contributed by atoms with Gasteiger partial charge in [-0.3, -0.25) is 9.89 Å². The molecular weight excluding hydrogens is 447 g/mol. The van der Waals surface area contributed by atoms with Crippen LogP contribution in [-0.2, 0) is 6.18 Å². The molecule has 0 aliphatic heterocycles. The summed E-state index contributed by atoms with van der Waals surface area (Å²) >= 11 is 6.04. The summed E-state index contributed by atoms with van der Waals surface area (Å²) in [7, 11) is 3.02. The average Bonchev–Trinajstić information content (AvgIpc) is 3.13. The van der Waals surface area contributed by atoms with Crippen molar-refractivity contribution in [2.75, 3.05) is 24.8 Å². The number of hydrogen-bond acceptors (Lipinski definition) is 5. The van der Waals surface area contributed by atoms with Gasteiger partial charge in [-0.05, 0) is 49.4 Å². The minimum absolute atomic E-state index is 0.0498. The third kappa shape index (κ3) is 5.25. The first-order valence-corrected chi connectivity index (χ1v) is 9.80. The van der Waals surface area contributed by atoms with E-state index in [0.29, 0.717) is 22.0 Å². The van der Waals surface area contributed by atoms with Crippen molar-refractivity contribution in [1.29, 1.82) is 0 Å². The van der Waals surface area contributed by atoms with E-state index < -0.39 is 18.2 Å². The van der Waals surface area contributed by atoms with Gasteiger partial charge in [0.2, 0.25) is 0 Å². The number of alkyl halides is 3. The van der Waals surface area contributed by atoms with Crippen LogP contribution in [0, 0.1) is 6.92 Å². The second-order valence-electron chi connectivity index (χ2n) is 6.92. The maximum atomic E-state index is 13.2. The lowest BCUT2D eigenvalue weighted by Crippen LogP contribution is -2.47. The van der Waals surface area contributed by atoms with Crippen LogP contribution in [0.3, 0.4) is 0 Å². The summed E-state index contributed by atoms with van der Waals surface area (Å²) in [5.74, 6) is 0.151. The van der Waals surface area contributed by atoms with E-state index in [1.165, 1.54) is 26.0 Å². The van der Waals surface area contributed by atoms with Gasteiger partial charge in [-0.25, -0.2) is 0 Å². The van der Waals surface area contributed by atoms with Crippen molar-refractivity contribution in [3.63, 3.8) is 0 Å². The topological polar surface area (TPSA) is 82.3 Å². The second kappa shape index (κ2) is 9.39. The van der Waals surface area contributed by atoms with Crippen LogP contribution >= 0.6 is 11.6 Å². The first-order valence-electron chi connectivity index (χ1n) is 9.42. The van der Waals surface area contributed by atoms with Crippen molar-refractivity contribution >= 4 is 29.0 Å². The molecule has 11 heteroatoms. The van der Waals surface area contributed by atoms with Gasteiger partial charge in [0.05, 0.1) is 7.11 Å². The van der Waals surface area contributed by atoms with Gasteiger partial charge < -0.3 is 20.3 Å². The highest BCUT2D eigenvalue weighted by Crippen LogP contribution is 2.33.